The van der Waals surface area contributed by atoms with E-state index in [9.17, 15) is 4.39 Å². The van der Waals surface area contributed by atoms with E-state index in [1.165, 1.54) is 7.11 Å². The van der Waals surface area contributed by atoms with E-state index in [0.29, 0.717) is 11.7 Å². The first-order valence-electron chi connectivity index (χ1n) is 9.36. The van der Waals surface area contributed by atoms with Crippen molar-refractivity contribution in [2.24, 2.45) is 13.0 Å². The van der Waals surface area contributed by atoms with Crippen molar-refractivity contribution in [1.29, 1.82) is 0 Å². The largest absolute Gasteiger partial charge is 0.494 e. The van der Waals surface area contributed by atoms with Crippen molar-refractivity contribution in [1.82, 2.24) is 14.9 Å². The lowest BCUT2D eigenvalue weighted by Gasteiger charge is -2.32. The number of fused-ring (bicyclic) bond motifs is 1. The summed E-state index contributed by atoms with van der Waals surface area (Å²) < 4.78 is 27.6. The maximum absolute atomic E-state index is 14.5. The first-order chi connectivity index (χ1) is 12.7. The number of aryl methyl sites for hydroxylation is 1. The van der Waals surface area contributed by atoms with Gasteiger partial charge in [-0.05, 0) is 42.9 Å². The van der Waals surface area contributed by atoms with E-state index in [2.05, 4.69) is 10.3 Å². The predicted octanol–water partition coefficient (Wildman–Crippen LogP) is 3.31. The second-order valence-corrected chi connectivity index (χ2v) is 7.24. The second-order valence-electron chi connectivity index (χ2n) is 7.24. The van der Waals surface area contributed by atoms with E-state index in [-0.39, 0.29) is 18.0 Å². The van der Waals surface area contributed by atoms with Gasteiger partial charge in [0.05, 0.1) is 7.11 Å². The summed E-state index contributed by atoms with van der Waals surface area (Å²) in [4.78, 5) is 4.48. The SMILES string of the molecule is COc1ccc2c(c1F)CCC2NC[C@@H]1CCCO[C@H]1c1nccn1C. The molecule has 1 aromatic carbocycles. The van der Waals surface area contributed by atoms with Crippen LogP contribution in [0.3, 0.4) is 0 Å². The minimum atomic E-state index is -0.207. The third-order valence-electron chi connectivity index (χ3n) is 5.71. The average molecular weight is 359 g/mol. The number of halogens is 1. The van der Waals surface area contributed by atoms with Gasteiger partial charge in [-0.15, -0.1) is 0 Å². The molecule has 6 heteroatoms. The third kappa shape index (κ3) is 3.12. The van der Waals surface area contributed by atoms with E-state index in [4.69, 9.17) is 9.47 Å². The standard InChI is InChI=1S/C20H26FN3O2/c1-24-10-9-22-20(24)19-13(4-3-11-26-19)12-23-16-7-5-15-14(16)6-8-17(25-2)18(15)21/h6,8-10,13,16,19,23H,3-5,7,11-12H2,1-2H3/t13-,16?,19+/m0/s1. The number of benzene rings is 1. The minimum absolute atomic E-state index is 0.0183. The molecular weight excluding hydrogens is 333 g/mol. The molecular formula is C20H26FN3O2. The van der Waals surface area contributed by atoms with Crippen LogP contribution in [0.25, 0.3) is 0 Å². The number of hydrogen-bond acceptors (Lipinski definition) is 4. The van der Waals surface area contributed by atoms with E-state index in [1.807, 2.05) is 30.1 Å². The van der Waals surface area contributed by atoms with Crippen molar-refractivity contribution in [3.63, 3.8) is 0 Å². The van der Waals surface area contributed by atoms with Crippen LogP contribution in [-0.4, -0.2) is 29.8 Å². The molecule has 1 saturated heterocycles. The van der Waals surface area contributed by atoms with E-state index in [1.54, 1.807) is 6.07 Å². The summed E-state index contributed by atoms with van der Waals surface area (Å²) >= 11 is 0. The van der Waals surface area contributed by atoms with Gasteiger partial charge >= 0.3 is 0 Å². The van der Waals surface area contributed by atoms with Crippen LogP contribution in [-0.2, 0) is 18.2 Å². The molecule has 1 aromatic heterocycles. The zero-order chi connectivity index (χ0) is 18.1. The molecule has 0 spiro atoms. The van der Waals surface area contributed by atoms with Crippen molar-refractivity contribution in [3.8, 4) is 5.75 Å². The van der Waals surface area contributed by atoms with Gasteiger partial charge in [0.25, 0.3) is 0 Å². The lowest BCUT2D eigenvalue weighted by atomic mass is 9.93. The minimum Gasteiger partial charge on any atom is -0.494 e. The summed E-state index contributed by atoms with van der Waals surface area (Å²) in [6, 6.07) is 3.92. The molecule has 3 atom stereocenters. The lowest BCUT2D eigenvalue weighted by Crippen LogP contribution is -2.34. The lowest BCUT2D eigenvalue weighted by molar-refractivity contribution is -0.0350. The first kappa shape index (κ1) is 17.5. The van der Waals surface area contributed by atoms with Crippen LogP contribution in [0.1, 0.15) is 48.4 Å². The Morgan fingerprint density at radius 2 is 2.27 bits per heavy atom. The molecule has 1 aliphatic heterocycles. The van der Waals surface area contributed by atoms with E-state index in [0.717, 1.165) is 55.8 Å². The quantitative estimate of drug-likeness (QED) is 0.890. The van der Waals surface area contributed by atoms with E-state index >= 15 is 0 Å². The van der Waals surface area contributed by atoms with Crippen molar-refractivity contribution in [2.75, 3.05) is 20.3 Å². The molecule has 1 unspecified atom stereocenters. The van der Waals surface area contributed by atoms with Crippen LogP contribution >= 0.6 is 0 Å². The van der Waals surface area contributed by atoms with Crippen molar-refractivity contribution in [3.05, 3.63) is 47.3 Å². The fraction of sp³-hybridized carbons (Fsp3) is 0.550. The number of ether oxygens (including phenoxy) is 2. The highest BCUT2D eigenvalue weighted by atomic mass is 19.1. The van der Waals surface area contributed by atoms with Gasteiger partial charge in [0.1, 0.15) is 11.9 Å². The fourth-order valence-corrected chi connectivity index (χ4v) is 4.29. The number of imidazole rings is 1. The molecule has 0 radical (unpaired) electrons. The predicted molar refractivity (Wildman–Crippen MR) is 96.6 cm³/mol. The molecule has 0 saturated carbocycles. The summed E-state index contributed by atoms with van der Waals surface area (Å²) in [6.07, 6.45) is 7.65. The number of methoxy groups -OCH3 is 1. The molecule has 2 aromatic rings. The topological polar surface area (TPSA) is 48.3 Å². The molecule has 0 bridgehead atoms. The van der Waals surface area contributed by atoms with Crippen LogP contribution in [0.2, 0.25) is 0 Å². The van der Waals surface area contributed by atoms with Crippen LogP contribution in [0.15, 0.2) is 24.5 Å². The Morgan fingerprint density at radius 1 is 1.38 bits per heavy atom. The molecule has 5 nitrogen and oxygen atoms in total. The van der Waals surface area contributed by atoms with Gasteiger partial charge in [-0.25, -0.2) is 9.37 Å². The maximum Gasteiger partial charge on any atom is 0.168 e. The first-order valence-corrected chi connectivity index (χ1v) is 9.36. The fourth-order valence-electron chi connectivity index (χ4n) is 4.29. The summed E-state index contributed by atoms with van der Waals surface area (Å²) in [5.41, 5.74) is 1.86. The van der Waals surface area contributed by atoms with Crippen LogP contribution < -0.4 is 10.1 Å². The molecule has 0 amide bonds. The van der Waals surface area contributed by atoms with Gasteiger partial charge in [0, 0.05) is 44.6 Å². The van der Waals surface area contributed by atoms with Crippen molar-refractivity contribution in [2.45, 2.75) is 37.8 Å². The zero-order valence-electron chi connectivity index (χ0n) is 15.4. The second kappa shape index (κ2) is 7.37. The monoisotopic (exact) mass is 359 g/mol. The Balaban J connectivity index is 1.46. The Morgan fingerprint density at radius 3 is 3.04 bits per heavy atom. The molecule has 1 N–H and O–H groups in total. The Hall–Kier alpha value is -1.92. The summed E-state index contributed by atoms with van der Waals surface area (Å²) in [5, 5.41) is 3.66. The number of aromatic nitrogens is 2. The van der Waals surface area contributed by atoms with Crippen molar-refractivity contribution < 1.29 is 13.9 Å². The summed E-state index contributed by atoms with van der Waals surface area (Å²) in [6.45, 7) is 1.63. The number of nitrogens with one attached hydrogen (secondary N) is 1. The smallest absolute Gasteiger partial charge is 0.168 e. The van der Waals surface area contributed by atoms with Gasteiger partial charge in [-0.1, -0.05) is 6.07 Å². The molecule has 2 heterocycles. The zero-order valence-corrected chi connectivity index (χ0v) is 15.4. The highest BCUT2D eigenvalue weighted by molar-refractivity contribution is 5.42. The number of nitrogens with zero attached hydrogens (tertiary/aromatic N) is 2. The summed E-state index contributed by atoms with van der Waals surface area (Å²) in [5.74, 6) is 1.48. The Kier molecular flexibility index (Phi) is 4.96. The van der Waals surface area contributed by atoms with E-state index < -0.39 is 0 Å². The number of rotatable bonds is 5. The maximum atomic E-state index is 14.5. The van der Waals surface area contributed by atoms with Gasteiger partial charge in [-0.3, -0.25) is 0 Å². The molecule has 1 fully saturated rings. The van der Waals surface area contributed by atoms with Gasteiger partial charge < -0.3 is 19.4 Å². The average Bonchev–Trinajstić information content (AvgIpc) is 3.27. The molecule has 140 valence electrons. The molecule has 1 aliphatic carbocycles. The van der Waals surface area contributed by atoms with Gasteiger partial charge in [-0.2, -0.15) is 0 Å². The highest BCUT2D eigenvalue weighted by Crippen LogP contribution is 2.38. The molecule has 2 aliphatic rings. The third-order valence-corrected chi connectivity index (χ3v) is 5.71. The number of hydrogen-bond donors (Lipinski definition) is 1. The van der Waals surface area contributed by atoms with Crippen LogP contribution in [0, 0.1) is 11.7 Å². The van der Waals surface area contributed by atoms with Gasteiger partial charge in [0.2, 0.25) is 0 Å². The normalized spacial score (nSPS) is 25.3. The Bertz CT molecular complexity index is 776. The van der Waals surface area contributed by atoms with Crippen molar-refractivity contribution >= 4 is 0 Å². The highest BCUT2D eigenvalue weighted by Gasteiger charge is 2.32. The van der Waals surface area contributed by atoms with Crippen LogP contribution in [0.4, 0.5) is 4.39 Å². The molecule has 4 rings (SSSR count). The van der Waals surface area contributed by atoms with Gasteiger partial charge in [0.15, 0.2) is 11.6 Å². The molecule has 26 heavy (non-hydrogen) atoms. The summed E-state index contributed by atoms with van der Waals surface area (Å²) in [7, 11) is 3.52. The van der Waals surface area contributed by atoms with Crippen LogP contribution in [0.5, 0.6) is 5.75 Å². The Labute approximate surface area is 153 Å².